The van der Waals surface area contributed by atoms with Crippen LogP contribution in [0.25, 0.3) is 0 Å². The monoisotopic (exact) mass is 453 g/mol. The maximum Gasteiger partial charge on any atom is 0.161 e. The Morgan fingerprint density at radius 1 is 0.939 bits per heavy atom. The molecule has 0 aromatic heterocycles. The third-order valence-electron chi connectivity index (χ3n) is 6.81. The molecule has 1 aliphatic carbocycles. The fourth-order valence-electron chi connectivity index (χ4n) is 4.54. The molecular weight excluding hydrogens is 414 g/mol. The molecule has 3 rings (SSSR count). The largest absolute Gasteiger partial charge is 0.494 e. The number of aryl methyl sites for hydroxylation is 3. The molecule has 0 fully saturated rings. The van der Waals surface area contributed by atoms with Gasteiger partial charge in [-0.3, -0.25) is 4.79 Å². The van der Waals surface area contributed by atoms with Crippen LogP contribution in [0.3, 0.4) is 0 Å². The van der Waals surface area contributed by atoms with Gasteiger partial charge in [0.1, 0.15) is 11.5 Å². The van der Waals surface area contributed by atoms with Gasteiger partial charge < -0.3 is 19.1 Å². The molecule has 0 N–H and O–H groups in total. The summed E-state index contributed by atoms with van der Waals surface area (Å²) in [6, 6.07) is 10.3. The normalized spacial score (nSPS) is 15.8. The summed E-state index contributed by atoms with van der Waals surface area (Å²) in [5.41, 5.74) is 4.85. The summed E-state index contributed by atoms with van der Waals surface area (Å²) in [5, 5.41) is 0. The van der Waals surface area contributed by atoms with Crippen molar-refractivity contribution in [3.63, 3.8) is 0 Å². The average Bonchev–Trinajstić information content (AvgIpc) is 2.95. The number of hydrogen-bond acceptors (Lipinski definition) is 5. The molecule has 0 saturated carbocycles. The van der Waals surface area contributed by atoms with Gasteiger partial charge in [0.2, 0.25) is 0 Å². The molecule has 180 valence electrons. The Morgan fingerprint density at radius 3 is 2.33 bits per heavy atom. The van der Waals surface area contributed by atoms with Crippen molar-refractivity contribution < 1.29 is 19.0 Å². The van der Waals surface area contributed by atoms with E-state index in [4.69, 9.17) is 14.2 Å². The second kappa shape index (κ2) is 12.1. The van der Waals surface area contributed by atoms with Crippen molar-refractivity contribution in [1.82, 2.24) is 4.90 Å². The molecule has 1 aliphatic rings. The molecule has 0 heterocycles. The van der Waals surface area contributed by atoms with E-state index >= 15 is 0 Å². The van der Waals surface area contributed by atoms with Crippen LogP contribution in [0, 0.1) is 19.8 Å². The predicted octanol–water partition coefficient (Wildman–Crippen LogP) is 5.18. The highest BCUT2D eigenvalue weighted by atomic mass is 16.5. The maximum atomic E-state index is 12.9. The molecule has 2 aromatic rings. The minimum atomic E-state index is 0.135. The molecule has 0 radical (unpaired) electrons. The van der Waals surface area contributed by atoms with Gasteiger partial charge in [0.05, 0.1) is 20.8 Å². The van der Waals surface area contributed by atoms with E-state index in [9.17, 15) is 4.79 Å². The first-order valence-electron chi connectivity index (χ1n) is 12.1. The fraction of sp³-hybridized carbons (Fsp3) is 0.536. The zero-order valence-electron chi connectivity index (χ0n) is 20.9. The summed E-state index contributed by atoms with van der Waals surface area (Å²) in [7, 11) is 5.44. The topological polar surface area (TPSA) is 48.0 Å². The van der Waals surface area contributed by atoms with Crippen molar-refractivity contribution in [2.45, 2.75) is 52.4 Å². The number of Topliss-reactive ketones (excluding diaryl/α,β-unsaturated/α-hetero) is 1. The summed E-state index contributed by atoms with van der Waals surface area (Å²) in [6.45, 7) is 6.95. The van der Waals surface area contributed by atoms with E-state index in [0.29, 0.717) is 18.0 Å². The average molecular weight is 454 g/mol. The summed E-state index contributed by atoms with van der Waals surface area (Å²) in [6.07, 6.45) is 5.29. The maximum absolute atomic E-state index is 12.9. The second-order valence-electron chi connectivity index (χ2n) is 9.25. The number of methoxy groups -OCH3 is 2. The molecular formula is C28H39NO4. The third-order valence-corrected chi connectivity index (χ3v) is 6.81. The number of nitrogens with zero attached hydrogens (tertiary/aromatic N) is 1. The summed E-state index contributed by atoms with van der Waals surface area (Å²) in [4.78, 5) is 15.2. The van der Waals surface area contributed by atoms with Crippen molar-refractivity contribution in [1.29, 1.82) is 0 Å². The minimum Gasteiger partial charge on any atom is -0.494 e. The Balaban J connectivity index is 1.39. The molecule has 0 bridgehead atoms. The smallest absolute Gasteiger partial charge is 0.161 e. The first kappa shape index (κ1) is 25.1. The van der Waals surface area contributed by atoms with E-state index in [-0.39, 0.29) is 5.92 Å². The second-order valence-corrected chi connectivity index (χ2v) is 9.25. The number of ketones is 1. The number of ether oxygens (including phenoxy) is 3. The summed E-state index contributed by atoms with van der Waals surface area (Å²) >= 11 is 0. The molecule has 0 saturated heterocycles. The zero-order chi connectivity index (χ0) is 23.8. The fourth-order valence-corrected chi connectivity index (χ4v) is 4.54. The SMILES string of the molecule is COc1cc2c(cc1OC)CC(=O)C(CCCN(C)CCCOc1ccc(C)c(C)c1)CC2. The Bertz CT molecular complexity index is 940. The van der Waals surface area contributed by atoms with Gasteiger partial charge in [0, 0.05) is 18.9 Å². The van der Waals surface area contributed by atoms with E-state index in [2.05, 4.69) is 37.9 Å². The lowest BCUT2D eigenvalue weighted by Gasteiger charge is -2.19. The van der Waals surface area contributed by atoms with Gasteiger partial charge in [-0.25, -0.2) is 0 Å². The molecule has 5 heteroatoms. The van der Waals surface area contributed by atoms with Gasteiger partial charge in [-0.15, -0.1) is 0 Å². The van der Waals surface area contributed by atoms with Crippen LogP contribution in [-0.4, -0.2) is 51.6 Å². The Morgan fingerprint density at radius 2 is 1.64 bits per heavy atom. The van der Waals surface area contributed by atoms with Crippen LogP contribution >= 0.6 is 0 Å². The van der Waals surface area contributed by atoms with E-state index in [1.54, 1.807) is 14.2 Å². The van der Waals surface area contributed by atoms with Crippen LogP contribution in [-0.2, 0) is 17.6 Å². The van der Waals surface area contributed by atoms with Gasteiger partial charge in [0.15, 0.2) is 11.5 Å². The number of carbonyl (C=O) groups excluding carboxylic acids is 1. The van der Waals surface area contributed by atoms with Crippen LogP contribution in [0.5, 0.6) is 17.2 Å². The molecule has 0 spiro atoms. The van der Waals surface area contributed by atoms with Crippen molar-refractivity contribution in [3.8, 4) is 17.2 Å². The van der Waals surface area contributed by atoms with Crippen LogP contribution in [0.2, 0.25) is 0 Å². The van der Waals surface area contributed by atoms with Gasteiger partial charge in [-0.2, -0.15) is 0 Å². The van der Waals surface area contributed by atoms with E-state index < -0.39 is 0 Å². The first-order valence-corrected chi connectivity index (χ1v) is 12.1. The Hall–Kier alpha value is -2.53. The predicted molar refractivity (Wildman–Crippen MR) is 133 cm³/mol. The number of benzene rings is 2. The highest BCUT2D eigenvalue weighted by Crippen LogP contribution is 2.34. The van der Waals surface area contributed by atoms with Crippen molar-refractivity contribution in [2.75, 3.05) is 41.0 Å². The van der Waals surface area contributed by atoms with E-state index in [1.807, 2.05) is 18.2 Å². The highest BCUT2D eigenvalue weighted by Gasteiger charge is 2.25. The standard InChI is InChI=1S/C28H39NO4/c1-20-9-12-25(16-21(20)2)33-15-7-14-29(3)13-6-8-22-10-11-23-18-27(31-4)28(32-5)19-24(23)17-26(22)30/h9,12,16,18-19,22H,6-8,10-11,13-15,17H2,1-5H3. The van der Waals surface area contributed by atoms with E-state index in [1.165, 1.54) is 16.7 Å². The molecule has 1 unspecified atom stereocenters. The lowest BCUT2D eigenvalue weighted by atomic mass is 9.93. The first-order chi connectivity index (χ1) is 15.9. The summed E-state index contributed by atoms with van der Waals surface area (Å²) < 4.78 is 16.8. The Labute approximate surface area is 199 Å². The molecule has 0 aliphatic heterocycles. The molecule has 5 nitrogen and oxygen atoms in total. The quantitative estimate of drug-likeness (QED) is 0.347. The van der Waals surface area contributed by atoms with Gasteiger partial charge in [-0.1, -0.05) is 6.07 Å². The lowest BCUT2D eigenvalue weighted by molar-refractivity contribution is -0.122. The molecule has 1 atom stereocenters. The van der Waals surface area contributed by atoms with E-state index in [0.717, 1.165) is 68.9 Å². The molecule has 2 aromatic carbocycles. The van der Waals surface area contributed by atoms with Crippen LogP contribution in [0.1, 0.15) is 47.9 Å². The Kier molecular flexibility index (Phi) is 9.19. The minimum absolute atomic E-state index is 0.135. The highest BCUT2D eigenvalue weighted by molar-refractivity contribution is 5.84. The van der Waals surface area contributed by atoms with Crippen LogP contribution < -0.4 is 14.2 Å². The zero-order valence-corrected chi connectivity index (χ0v) is 20.9. The van der Waals surface area contributed by atoms with Gasteiger partial charge >= 0.3 is 0 Å². The molecule has 0 amide bonds. The summed E-state index contributed by atoms with van der Waals surface area (Å²) in [5.74, 6) is 2.88. The number of hydrogen-bond donors (Lipinski definition) is 0. The number of fused-ring (bicyclic) bond motifs is 1. The van der Waals surface area contributed by atoms with Crippen molar-refractivity contribution in [3.05, 3.63) is 52.6 Å². The number of carbonyl (C=O) groups is 1. The van der Waals surface area contributed by atoms with Gasteiger partial charge in [-0.05, 0) is 106 Å². The third kappa shape index (κ3) is 6.97. The number of rotatable bonds is 11. The lowest BCUT2D eigenvalue weighted by Crippen LogP contribution is -2.24. The van der Waals surface area contributed by atoms with Crippen LogP contribution in [0.4, 0.5) is 0 Å². The van der Waals surface area contributed by atoms with Gasteiger partial charge in [0.25, 0.3) is 0 Å². The van der Waals surface area contributed by atoms with Crippen molar-refractivity contribution in [2.24, 2.45) is 5.92 Å². The molecule has 33 heavy (non-hydrogen) atoms. The van der Waals surface area contributed by atoms with Crippen LogP contribution in [0.15, 0.2) is 30.3 Å². The van der Waals surface area contributed by atoms with Crippen molar-refractivity contribution >= 4 is 5.78 Å².